The second-order valence-electron chi connectivity index (χ2n) is 9.93. The van der Waals surface area contributed by atoms with E-state index in [9.17, 15) is 4.79 Å². The number of carbonyl (C=O) groups excluding carboxylic acids is 1. The SMILES string of the molecule is COc1cc(N(C)C2CC(C)(C)NC(C)(C)C2)nnc1C(=O)Oc1ccc2ncccc2c1. The Morgan fingerprint density at radius 1 is 1.09 bits per heavy atom. The standard InChI is InChI=1S/C25H31N5O3/c1-24(2)14-17(15-25(3,4)29-24)30(5)21-13-20(32-6)22(28-27-21)23(31)33-18-9-10-19-16(12-18)8-7-11-26-19/h7-13,17,29H,14-15H2,1-6H3. The van der Waals surface area contributed by atoms with Gasteiger partial charge in [-0.1, -0.05) is 6.07 Å². The third kappa shape index (κ3) is 5.06. The number of fused-ring (bicyclic) bond motifs is 1. The van der Waals surface area contributed by atoms with Crippen LogP contribution in [0.25, 0.3) is 10.9 Å². The Hall–Kier alpha value is -3.26. The Morgan fingerprint density at radius 3 is 2.52 bits per heavy atom. The number of nitrogens with one attached hydrogen (secondary N) is 1. The van der Waals surface area contributed by atoms with Crippen molar-refractivity contribution in [2.24, 2.45) is 0 Å². The van der Waals surface area contributed by atoms with E-state index in [1.807, 2.05) is 19.2 Å². The zero-order valence-corrected chi connectivity index (χ0v) is 20.0. The molecular formula is C25H31N5O3. The van der Waals surface area contributed by atoms with Gasteiger partial charge in [-0.15, -0.1) is 10.2 Å². The molecule has 174 valence electrons. The average Bonchev–Trinajstić information content (AvgIpc) is 2.76. The Balaban J connectivity index is 1.55. The lowest BCUT2D eigenvalue weighted by Gasteiger charge is -2.49. The van der Waals surface area contributed by atoms with E-state index in [1.165, 1.54) is 7.11 Å². The summed E-state index contributed by atoms with van der Waals surface area (Å²) in [6.07, 6.45) is 3.63. The first-order valence-electron chi connectivity index (χ1n) is 11.1. The predicted octanol–water partition coefficient (Wildman–Crippen LogP) is 4.00. The maximum Gasteiger partial charge on any atom is 0.368 e. The van der Waals surface area contributed by atoms with E-state index in [0.717, 1.165) is 23.7 Å². The lowest BCUT2D eigenvalue weighted by atomic mass is 9.79. The molecule has 4 rings (SSSR count). The number of nitrogens with zero attached hydrogens (tertiary/aromatic N) is 4. The van der Waals surface area contributed by atoms with Gasteiger partial charge in [0, 0.05) is 41.8 Å². The van der Waals surface area contributed by atoms with Gasteiger partial charge in [0.15, 0.2) is 11.6 Å². The Bertz CT molecular complexity index is 1160. The largest absolute Gasteiger partial charge is 0.494 e. The number of rotatable bonds is 5. The summed E-state index contributed by atoms with van der Waals surface area (Å²) in [7, 11) is 3.52. The van der Waals surface area contributed by atoms with E-state index in [4.69, 9.17) is 9.47 Å². The van der Waals surface area contributed by atoms with Gasteiger partial charge in [0.1, 0.15) is 5.75 Å². The highest BCUT2D eigenvalue weighted by Gasteiger charge is 2.39. The predicted molar refractivity (Wildman–Crippen MR) is 128 cm³/mol. The van der Waals surface area contributed by atoms with Gasteiger partial charge in [0.2, 0.25) is 5.69 Å². The van der Waals surface area contributed by atoms with Crippen molar-refractivity contribution in [1.82, 2.24) is 20.5 Å². The van der Waals surface area contributed by atoms with Gasteiger partial charge in [0.05, 0.1) is 12.6 Å². The first kappa shape index (κ1) is 22.9. The molecule has 0 bridgehead atoms. The van der Waals surface area contributed by atoms with Gasteiger partial charge in [-0.25, -0.2) is 4.79 Å². The van der Waals surface area contributed by atoms with Crippen molar-refractivity contribution in [3.63, 3.8) is 0 Å². The number of piperidine rings is 1. The van der Waals surface area contributed by atoms with Crippen molar-refractivity contribution in [2.45, 2.75) is 57.7 Å². The molecule has 1 N–H and O–H groups in total. The maximum absolute atomic E-state index is 12.8. The number of hydrogen-bond donors (Lipinski definition) is 1. The normalized spacial score (nSPS) is 17.5. The van der Waals surface area contributed by atoms with Crippen LogP contribution in [0.5, 0.6) is 11.5 Å². The number of pyridine rings is 1. The summed E-state index contributed by atoms with van der Waals surface area (Å²) < 4.78 is 11.0. The summed E-state index contributed by atoms with van der Waals surface area (Å²) in [5, 5.41) is 13.1. The molecule has 2 aromatic heterocycles. The number of methoxy groups -OCH3 is 1. The molecule has 0 spiro atoms. The molecular weight excluding hydrogens is 418 g/mol. The summed E-state index contributed by atoms with van der Waals surface area (Å²) in [6, 6.07) is 11.0. The minimum atomic E-state index is -0.624. The van der Waals surface area contributed by atoms with Gasteiger partial charge in [-0.2, -0.15) is 0 Å². The minimum absolute atomic E-state index is 0.00266. The van der Waals surface area contributed by atoms with E-state index in [2.05, 4.69) is 53.1 Å². The fraction of sp³-hybridized carbons (Fsp3) is 0.440. The van der Waals surface area contributed by atoms with Crippen molar-refractivity contribution >= 4 is 22.7 Å². The van der Waals surface area contributed by atoms with Gasteiger partial charge in [-0.3, -0.25) is 4.98 Å². The number of carbonyl (C=O) groups is 1. The molecule has 1 aliphatic rings. The summed E-state index contributed by atoms with van der Waals surface area (Å²) >= 11 is 0. The molecule has 1 aromatic carbocycles. The van der Waals surface area contributed by atoms with Crippen molar-refractivity contribution in [1.29, 1.82) is 0 Å². The second-order valence-corrected chi connectivity index (χ2v) is 9.93. The smallest absolute Gasteiger partial charge is 0.368 e. The fourth-order valence-corrected chi connectivity index (χ4v) is 4.84. The summed E-state index contributed by atoms with van der Waals surface area (Å²) in [5.74, 6) is 0.760. The summed E-state index contributed by atoms with van der Waals surface area (Å²) in [5.41, 5.74) is 0.854. The molecule has 1 fully saturated rings. The van der Waals surface area contributed by atoms with Crippen LogP contribution < -0.4 is 19.7 Å². The van der Waals surface area contributed by atoms with Crippen molar-refractivity contribution < 1.29 is 14.3 Å². The molecule has 0 saturated carbocycles. The van der Waals surface area contributed by atoms with E-state index in [1.54, 1.807) is 30.5 Å². The van der Waals surface area contributed by atoms with Crippen LogP contribution >= 0.6 is 0 Å². The van der Waals surface area contributed by atoms with Crippen LogP contribution in [0.15, 0.2) is 42.6 Å². The van der Waals surface area contributed by atoms with Crippen LogP contribution in [0.2, 0.25) is 0 Å². The Kier molecular flexibility index (Phi) is 5.97. The van der Waals surface area contributed by atoms with Crippen LogP contribution in [0.1, 0.15) is 51.0 Å². The number of benzene rings is 1. The van der Waals surface area contributed by atoms with Crippen LogP contribution in [-0.4, -0.2) is 52.4 Å². The zero-order valence-electron chi connectivity index (χ0n) is 20.0. The lowest BCUT2D eigenvalue weighted by molar-refractivity contribution is 0.0723. The minimum Gasteiger partial charge on any atom is -0.494 e. The molecule has 1 aliphatic heterocycles. The quantitative estimate of drug-likeness (QED) is 0.462. The highest BCUT2D eigenvalue weighted by molar-refractivity contribution is 5.92. The van der Waals surface area contributed by atoms with Gasteiger partial charge in [0.25, 0.3) is 0 Å². The Morgan fingerprint density at radius 2 is 1.82 bits per heavy atom. The molecule has 3 aromatic rings. The molecule has 0 radical (unpaired) electrons. The molecule has 0 aliphatic carbocycles. The molecule has 33 heavy (non-hydrogen) atoms. The fourth-order valence-electron chi connectivity index (χ4n) is 4.84. The van der Waals surface area contributed by atoms with Crippen molar-refractivity contribution in [3.8, 4) is 11.5 Å². The molecule has 1 saturated heterocycles. The van der Waals surface area contributed by atoms with Crippen LogP contribution in [0, 0.1) is 0 Å². The van der Waals surface area contributed by atoms with Gasteiger partial charge in [-0.05, 0) is 64.8 Å². The monoisotopic (exact) mass is 449 g/mol. The van der Waals surface area contributed by atoms with Gasteiger partial charge < -0.3 is 19.7 Å². The Labute approximate surface area is 194 Å². The third-order valence-corrected chi connectivity index (χ3v) is 6.02. The number of aromatic nitrogens is 3. The third-order valence-electron chi connectivity index (χ3n) is 6.02. The topological polar surface area (TPSA) is 89.5 Å². The van der Waals surface area contributed by atoms with Crippen LogP contribution in [0.3, 0.4) is 0 Å². The summed E-state index contributed by atoms with van der Waals surface area (Å²) in [6.45, 7) is 8.85. The first-order valence-corrected chi connectivity index (χ1v) is 11.1. The van der Waals surface area contributed by atoms with E-state index in [-0.39, 0.29) is 22.8 Å². The first-order chi connectivity index (χ1) is 15.6. The van der Waals surface area contributed by atoms with Crippen molar-refractivity contribution in [2.75, 3.05) is 19.1 Å². The second kappa shape index (κ2) is 8.59. The maximum atomic E-state index is 12.8. The molecule has 0 atom stereocenters. The van der Waals surface area contributed by atoms with Crippen molar-refractivity contribution in [3.05, 3.63) is 48.3 Å². The number of ether oxygens (including phenoxy) is 2. The van der Waals surface area contributed by atoms with E-state index >= 15 is 0 Å². The molecule has 3 heterocycles. The van der Waals surface area contributed by atoms with Crippen LogP contribution in [-0.2, 0) is 0 Å². The average molecular weight is 450 g/mol. The molecule has 0 unspecified atom stereocenters. The lowest BCUT2D eigenvalue weighted by Crippen LogP contribution is -2.62. The molecule has 0 amide bonds. The van der Waals surface area contributed by atoms with E-state index in [0.29, 0.717) is 17.3 Å². The van der Waals surface area contributed by atoms with E-state index < -0.39 is 5.97 Å². The number of anilines is 1. The highest BCUT2D eigenvalue weighted by atomic mass is 16.5. The van der Waals surface area contributed by atoms with Gasteiger partial charge >= 0.3 is 5.97 Å². The van der Waals surface area contributed by atoms with Crippen LogP contribution in [0.4, 0.5) is 5.82 Å². The summed E-state index contributed by atoms with van der Waals surface area (Å²) in [4.78, 5) is 19.2. The zero-order chi connectivity index (χ0) is 23.8. The number of hydrogen-bond acceptors (Lipinski definition) is 8. The molecule has 8 nitrogen and oxygen atoms in total. The molecule has 8 heteroatoms. The highest BCUT2D eigenvalue weighted by Crippen LogP contribution is 2.33. The number of esters is 1.